The first kappa shape index (κ1) is 15.4. The van der Waals surface area contributed by atoms with E-state index in [1.165, 1.54) is 6.92 Å². The number of carbonyl (C=O) groups excluding carboxylic acids is 1. The maximum absolute atomic E-state index is 12.8. The summed E-state index contributed by atoms with van der Waals surface area (Å²) in [6.07, 6.45) is -4.60. The maximum atomic E-state index is 12.8. The molecule has 2 aromatic heterocycles. The fraction of sp³-hybridized carbons (Fsp3) is 0.231. The van der Waals surface area contributed by atoms with Gasteiger partial charge in [0.05, 0.1) is 0 Å². The maximum Gasteiger partial charge on any atom is 0.453 e. The highest BCUT2D eigenvalue weighted by atomic mass is 32.1. The van der Waals surface area contributed by atoms with E-state index in [-0.39, 0.29) is 10.9 Å². The fourth-order valence-electron chi connectivity index (χ4n) is 1.90. The Balaban J connectivity index is 1.88. The average Bonchev–Trinajstić information content (AvgIpc) is 3.04. The molecule has 1 amide bonds. The third kappa shape index (κ3) is 3.16. The van der Waals surface area contributed by atoms with E-state index in [0.717, 1.165) is 16.9 Å². The minimum atomic E-state index is -4.60. The van der Waals surface area contributed by atoms with Gasteiger partial charge < -0.3 is 5.32 Å². The van der Waals surface area contributed by atoms with E-state index in [9.17, 15) is 18.0 Å². The minimum absolute atomic E-state index is 0.0784. The number of hydrogen-bond acceptors (Lipinski definition) is 5. The molecule has 0 saturated carbocycles. The van der Waals surface area contributed by atoms with Crippen molar-refractivity contribution in [2.45, 2.75) is 19.6 Å². The first-order chi connectivity index (χ1) is 10.8. The van der Waals surface area contributed by atoms with E-state index in [4.69, 9.17) is 0 Å². The normalized spacial score (nSPS) is 11.8. The highest BCUT2D eigenvalue weighted by Gasteiger charge is 2.38. The molecule has 0 unspecified atom stereocenters. The van der Waals surface area contributed by atoms with E-state index in [1.807, 2.05) is 0 Å². The van der Waals surface area contributed by atoms with Gasteiger partial charge in [-0.3, -0.25) is 4.79 Å². The number of nitrogens with one attached hydrogen (secondary N) is 1. The number of nitrogens with zero attached hydrogens (tertiary/aromatic N) is 4. The lowest BCUT2D eigenvalue weighted by Crippen LogP contribution is -2.18. The topological polar surface area (TPSA) is 72.2 Å². The lowest BCUT2D eigenvalue weighted by molar-refractivity contribution is -0.146. The van der Waals surface area contributed by atoms with Gasteiger partial charge >= 0.3 is 6.18 Å². The van der Waals surface area contributed by atoms with Gasteiger partial charge in [-0.15, -0.1) is 10.2 Å². The first-order valence-electron chi connectivity index (χ1n) is 6.48. The summed E-state index contributed by atoms with van der Waals surface area (Å²) in [5.41, 5.74) is 1.54. The van der Waals surface area contributed by atoms with Crippen molar-refractivity contribution in [3.63, 3.8) is 0 Å². The third-order valence-corrected chi connectivity index (χ3v) is 3.93. The van der Waals surface area contributed by atoms with Gasteiger partial charge in [-0.2, -0.15) is 22.8 Å². The van der Waals surface area contributed by atoms with Crippen molar-refractivity contribution in [2.75, 3.05) is 0 Å². The number of hydrogen-bond donors (Lipinski definition) is 1. The number of carbonyl (C=O) groups is 1. The van der Waals surface area contributed by atoms with Crippen LogP contribution in [0.1, 0.15) is 18.3 Å². The Morgan fingerprint density at radius 2 is 1.96 bits per heavy atom. The van der Waals surface area contributed by atoms with E-state index >= 15 is 0 Å². The summed E-state index contributed by atoms with van der Waals surface area (Å²) >= 11 is 1.02. The number of benzene rings is 1. The summed E-state index contributed by atoms with van der Waals surface area (Å²) in [7, 11) is 0. The molecular weight excluding hydrogens is 331 g/mol. The molecule has 1 aromatic carbocycles. The summed E-state index contributed by atoms with van der Waals surface area (Å²) in [6.45, 7) is 1.81. The van der Waals surface area contributed by atoms with Crippen LogP contribution < -0.4 is 5.32 Å². The Labute approximate surface area is 132 Å². The van der Waals surface area contributed by atoms with Gasteiger partial charge in [0.15, 0.2) is 0 Å². The van der Waals surface area contributed by atoms with Crippen molar-refractivity contribution < 1.29 is 18.0 Å². The SMILES string of the molecule is CC(=O)NCc1ccc(-c2nn3c(C(F)(F)F)nnc3s2)cc1. The zero-order valence-electron chi connectivity index (χ0n) is 11.8. The van der Waals surface area contributed by atoms with Crippen molar-refractivity contribution in [3.05, 3.63) is 35.7 Å². The second kappa shape index (κ2) is 5.61. The molecule has 23 heavy (non-hydrogen) atoms. The first-order valence-corrected chi connectivity index (χ1v) is 7.29. The number of rotatable bonds is 3. The van der Waals surface area contributed by atoms with Gasteiger partial charge in [-0.05, 0) is 5.56 Å². The molecule has 0 aliphatic heterocycles. The standard InChI is InChI=1S/C13H10F3N5OS/c1-7(22)17-6-8-2-4-9(5-3-8)10-20-21-11(13(14,15)16)18-19-12(21)23-10/h2-5H,6H2,1H3,(H,17,22). The van der Waals surface area contributed by atoms with Gasteiger partial charge in [-0.25, -0.2) is 0 Å². The molecule has 120 valence electrons. The summed E-state index contributed by atoms with van der Waals surface area (Å²) in [5.74, 6) is -1.28. The molecule has 0 saturated heterocycles. The van der Waals surface area contributed by atoms with Crippen molar-refractivity contribution in [3.8, 4) is 10.6 Å². The van der Waals surface area contributed by atoms with Crippen LogP contribution in [0.15, 0.2) is 24.3 Å². The van der Waals surface area contributed by atoms with Crippen molar-refractivity contribution in [1.82, 2.24) is 25.1 Å². The zero-order valence-corrected chi connectivity index (χ0v) is 12.6. The van der Waals surface area contributed by atoms with Crippen LogP contribution in [0.3, 0.4) is 0 Å². The molecule has 3 aromatic rings. The predicted octanol–water partition coefficient (Wildman–Crippen LogP) is 2.51. The molecule has 2 heterocycles. The highest BCUT2D eigenvalue weighted by molar-refractivity contribution is 7.19. The van der Waals surface area contributed by atoms with Crippen LogP contribution in [-0.2, 0) is 17.5 Å². The summed E-state index contributed by atoms with van der Waals surface area (Å²) in [6, 6.07) is 7.02. The van der Waals surface area contributed by atoms with Gasteiger partial charge in [0.2, 0.25) is 10.9 Å². The van der Waals surface area contributed by atoms with E-state index < -0.39 is 12.0 Å². The van der Waals surface area contributed by atoms with Gasteiger partial charge in [0, 0.05) is 19.0 Å². The number of alkyl halides is 3. The predicted molar refractivity (Wildman–Crippen MR) is 76.6 cm³/mol. The minimum Gasteiger partial charge on any atom is -0.352 e. The van der Waals surface area contributed by atoms with Crippen LogP contribution in [-0.4, -0.2) is 25.7 Å². The quantitative estimate of drug-likeness (QED) is 0.794. The molecule has 0 aliphatic rings. The van der Waals surface area contributed by atoms with Crippen LogP contribution in [0.4, 0.5) is 13.2 Å². The lowest BCUT2D eigenvalue weighted by atomic mass is 10.1. The average molecular weight is 341 g/mol. The molecule has 0 atom stereocenters. The van der Waals surface area contributed by atoms with Crippen molar-refractivity contribution in [2.24, 2.45) is 0 Å². The Morgan fingerprint density at radius 1 is 1.26 bits per heavy atom. The zero-order chi connectivity index (χ0) is 16.6. The van der Waals surface area contributed by atoms with E-state index in [2.05, 4.69) is 20.6 Å². The van der Waals surface area contributed by atoms with Gasteiger partial charge in [-0.1, -0.05) is 35.6 Å². The van der Waals surface area contributed by atoms with Gasteiger partial charge in [0.1, 0.15) is 5.01 Å². The molecule has 0 aliphatic carbocycles. The van der Waals surface area contributed by atoms with Crippen molar-refractivity contribution >= 4 is 22.2 Å². The van der Waals surface area contributed by atoms with Crippen LogP contribution in [0.2, 0.25) is 0 Å². The smallest absolute Gasteiger partial charge is 0.352 e. The monoisotopic (exact) mass is 341 g/mol. The molecule has 6 nitrogen and oxygen atoms in total. The molecular formula is C13H10F3N5OS. The largest absolute Gasteiger partial charge is 0.453 e. The summed E-state index contributed by atoms with van der Waals surface area (Å²) < 4.78 is 39.0. The number of aromatic nitrogens is 4. The Kier molecular flexibility index (Phi) is 3.76. The third-order valence-electron chi connectivity index (χ3n) is 2.99. The van der Waals surface area contributed by atoms with Gasteiger partial charge in [0.25, 0.3) is 5.82 Å². The Hall–Kier alpha value is -2.49. The number of fused-ring (bicyclic) bond motifs is 1. The van der Waals surface area contributed by atoms with Crippen LogP contribution in [0.5, 0.6) is 0 Å². The second-order valence-electron chi connectivity index (χ2n) is 4.73. The molecule has 0 radical (unpaired) electrons. The molecule has 0 bridgehead atoms. The molecule has 10 heteroatoms. The van der Waals surface area contributed by atoms with Crippen LogP contribution >= 0.6 is 11.3 Å². The summed E-state index contributed by atoms with van der Waals surface area (Å²) in [5, 5.41) is 13.6. The van der Waals surface area contributed by atoms with E-state index in [1.54, 1.807) is 24.3 Å². The number of amides is 1. The molecule has 0 spiro atoms. The summed E-state index contributed by atoms with van der Waals surface area (Å²) in [4.78, 5) is 10.9. The number of halogens is 3. The Bertz CT molecular complexity index is 853. The van der Waals surface area contributed by atoms with Crippen LogP contribution in [0.25, 0.3) is 15.5 Å². The molecule has 0 fully saturated rings. The molecule has 1 N–H and O–H groups in total. The highest BCUT2D eigenvalue weighted by Crippen LogP contribution is 2.31. The Morgan fingerprint density at radius 3 is 2.57 bits per heavy atom. The van der Waals surface area contributed by atoms with Crippen LogP contribution in [0, 0.1) is 0 Å². The molecule has 3 rings (SSSR count). The van der Waals surface area contributed by atoms with E-state index in [0.29, 0.717) is 21.6 Å². The second-order valence-corrected chi connectivity index (χ2v) is 5.69. The van der Waals surface area contributed by atoms with Crippen molar-refractivity contribution in [1.29, 1.82) is 0 Å². The lowest BCUT2D eigenvalue weighted by Gasteiger charge is -2.03. The fourth-order valence-corrected chi connectivity index (χ4v) is 2.75.